The van der Waals surface area contributed by atoms with Crippen LogP contribution in [-0.4, -0.2) is 39.5 Å². The Labute approximate surface area is 189 Å². The number of aryl methyl sites for hydroxylation is 1. The zero-order chi connectivity index (χ0) is 23.4. The third kappa shape index (κ3) is 4.04. The molecule has 5 rings (SSSR count). The lowest BCUT2D eigenvalue weighted by atomic mass is 9.85. The molecule has 2 saturated carbocycles. The highest BCUT2D eigenvalue weighted by Gasteiger charge is 2.46. The first-order chi connectivity index (χ1) is 15.7. The van der Waals surface area contributed by atoms with Gasteiger partial charge in [0.15, 0.2) is 0 Å². The van der Waals surface area contributed by atoms with Crippen LogP contribution in [0.15, 0.2) is 45.1 Å². The van der Waals surface area contributed by atoms with E-state index in [0.717, 1.165) is 23.8 Å². The number of nitrogens with zero attached hydrogens (tertiary/aromatic N) is 4. The largest absolute Gasteiger partial charge is 0.331 e. The van der Waals surface area contributed by atoms with E-state index in [1.807, 2.05) is 0 Å². The van der Waals surface area contributed by atoms with Crippen molar-refractivity contribution in [3.63, 3.8) is 0 Å². The number of halogens is 1. The first-order valence-electron chi connectivity index (χ1n) is 11.1. The molecule has 11 heteroatoms. The van der Waals surface area contributed by atoms with Crippen molar-refractivity contribution in [1.29, 1.82) is 0 Å². The van der Waals surface area contributed by atoms with Crippen LogP contribution in [0.25, 0.3) is 10.9 Å². The van der Waals surface area contributed by atoms with E-state index in [9.17, 15) is 22.4 Å². The lowest BCUT2D eigenvalue weighted by Gasteiger charge is -2.27. The Morgan fingerprint density at radius 1 is 1.21 bits per heavy atom. The van der Waals surface area contributed by atoms with Crippen LogP contribution in [0.5, 0.6) is 0 Å². The maximum absolute atomic E-state index is 13.4. The molecule has 176 valence electrons. The highest BCUT2D eigenvalue weighted by molar-refractivity contribution is 7.89. The van der Waals surface area contributed by atoms with Crippen LogP contribution in [0.4, 0.5) is 4.39 Å². The van der Waals surface area contributed by atoms with E-state index < -0.39 is 33.5 Å². The minimum atomic E-state index is -4.02. The molecule has 2 heterocycles. The predicted molar refractivity (Wildman–Crippen MR) is 120 cm³/mol. The van der Waals surface area contributed by atoms with Crippen molar-refractivity contribution in [1.82, 2.24) is 23.6 Å². The summed E-state index contributed by atoms with van der Waals surface area (Å²) in [4.78, 5) is 26.6. The Balaban J connectivity index is 1.64. The number of rotatable bonds is 8. The van der Waals surface area contributed by atoms with Gasteiger partial charge < -0.3 is 0 Å². The van der Waals surface area contributed by atoms with Crippen LogP contribution < -0.4 is 16.0 Å². The zero-order valence-electron chi connectivity index (χ0n) is 18.3. The van der Waals surface area contributed by atoms with Gasteiger partial charge in [0, 0.05) is 25.4 Å². The molecule has 1 aromatic carbocycles. The van der Waals surface area contributed by atoms with Gasteiger partial charge in [-0.15, -0.1) is 0 Å². The third-order valence-corrected chi connectivity index (χ3v) is 8.31. The van der Waals surface area contributed by atoms with Gasteiger partial charge in [0.25, 0.3) is 5.56 Å². The van der Waals surface area contributed by atoms with E-state index in [4.69, 9.17) is 0 Å². The van der Waals surface area contributed by atoms with Crippen molar-refractivity contribution in [2.24, 2.45) is 13.0 Å². The molecular weight excluding hydrogens is 449 g/mol. The molecule has 2 aliphatic carbocycles. The Morgan fingerprint density at radius 2 is 1.97 bits per heavy atom. The average Bonchev–Trinajstić information content (AvgIpc) is 3.40. The van der Waals surface area contributed by atoms with Crippen molar-refractivity contribution in [2.75, 3.05) is 6.67 Å². The molecule has 9 nitrogen and oxygen atoms in total. The number of nitrogens with one attached hydrogen (secondary N) is 1. The molecule has 0 amide bonds. The molecule has 2 aliphatic rings. The van der Waals surface area contributed by atoms with Crippen molar-refractivity contribution < 1.29 is 12.8 Å². The zero-order valence-corrected chi connectivity index (χ0v) is 19.1. The summed E-state index contributed by atoms with van der Waals surface area (Å²) in [6.45, 7) is -0.275. The van der Waals surface area contributed by atoms with Crippen LogP contribution in [0, 0.1) is 5.92 Å². The molecule has 0 radical (unpaired) electrons. The van der Waals surface area contributed by atoms with Crippen LogP contribution in [-0.2, 0) is 30.2 Å². The SMILES string of the molecule is Cn1cc(Cn2c(=O)c3cc(S(=O)(=O)NC4(CF)CC4)ccc3n(CC3CCC3)c2=O)cn1. The van der Waals surface area contributed by atoms with Crippen molar-refractivity contribution in [3.05, 3.63) is 57.0 Å². The molecule has 1 N–H and O–H groups in total. The summed E-state index contributed by atoms with van der Waals surface area (Å²) in [6, 6.07) is 4.18. The highest BCUT2D eigenvalue weighted by atomic mass is 32.2. The summed E-state index contributed by atoms with van der Waals surface area (Å²) >= 11 is 0. The Hall–Kier alpha value is -2.79. The summed E-state index contributed by atoms with van der Waals surface area (Å²) < 4.78 is 45.8. The van der Waals surface area contributed by atoms with Crippen molar-refractivity contribution in [3.8, 4) is 0 Å². The normalized spacial score (nSPS) is 17.9. The first kappa shape index (κ1) is 22.0. The second-order valence-corrected chi connectivity index (χ2v) is 11.0. The summed E-state index contributed by atoms with van der Waals surface area (Å²) in [5.41, 5.74) is -0.934. The summed E-state index contributed by atoms with van der Waals surface area (Å²) in [5.74, 6) is 0.347. The van der Waals surface area contributed by atoms with E-state index in [1.54, 1.807) is 28.7 Å². The van der Waals surface area contributed by atoms with Crippen molar-refractivity contribution in [2.45, 2.75) is 55.6 Å². The van der Waals surface area contributed by atoms with Crippen LogP contribution in [0.2, 0.25) is 0 Å². The third-order valence-electron chi connectivity index (χ3n) is 6.73. The molecule has 0 atom stereocenters. The number of sulfonamides is 1. The van der Waals surface area contributed by atoms with Gasteiger partial charge in [-0.3, -0.25) is 18.6 Å². The number of hydrogen-bond acceptors (Lipinski definition) is 5. The summed E-state index contributed by atoms with van der Waals surface area (Å²) in [6.07, 6.45) is 7.32. The molecule has 2 fully saturated rings. The van der Waals surface area contributed by atoms with Crippen LogP contribution in [0.1, 0.15) is 37.7 Å². The maximum Gasteiger partial charge on any atom is 0.331 e. The summed E-state index contributed by atoms with van der Waals surface area (Å²) in [5, 5.41) is 4.24. The Kier molecular flexibility index (Phi) is 5.28. The number of hydrogen-bond donors (Lipinski definition) is 1. The Bertz CT molecular complexity index is 1450. The minimum absolute atomic E-state index is 0.0340. The quantitative estimate of drug-likeness (QED) is 0.532. The van der Waals surface area contributed by atoms with Gasteiger partial charge in [0.05, 0.1) is 34.1 Å². The molecule has 0 bridgehead atoms. The molecular formula is C22H26FN5O4S. The Morgan fingerprint density at radius 3 is 2.55 bits per heavy atom. The van der Waals surface area contributed by atoms with Gasteiger partial charge in [-0.1, -0.05) is 6.42 Å². The van der Waals surface area contributed by atoms with Crippen molar-refractivity contribution >= 4 is 20.9 Å². The van der Waals surface area contributed by atoms with E-state index in [0.29, 0.717) is 36.4 Å². The fraction of sp³-hybridized carbons (Fsp3) is 0.500. The van der Waals surface area contributed by atoms with Gasteiger partial charge in [0.2, 0.25) is 10.0 Å². The molecule has 2 aromatic heterocycles. The van der Waals surface area contributed by atoms with Gasteiger partial charge >= 0.3 is 5.69 Å². The molecule has 3 aromatic rings. The highest BCUT2D eigenvalue weighted by Crippen LogP contribution is 2.37. The fourth-order valence-electron chi connectivity index (χ4n) is 4.31. The van der Waals surface area contributed by atoms with Crippen LogP contribution in [0.3, 0.4) is 0 Å². The van der Waals surface area contributed by atoms with E-state index in [1.165, 1.54) is 18.2 Å². The average molecular weight is 476 g/mol. The second-order valence-electron chi connectivity index (χ2n) is 9.30. The summed E-state index contributed by atoms with van der Waals surface area (Å²) in [7, 11) is -2.28. The van der Waals surface area contributed by atoms with E-state index in [-0.39, 0.29) is 16.8 Å². The van der Waals surface area contributed by atoms with E-state index in [2.05, 4.69) is 9.82 Å². The maximum atomic E-state index is 13.4. The molecule has 33 heavy (non-hydrogen) atoms. The number of alkyl halides is 1. The first-order valence-corrected chi connectivity index (χ1v) is 12.5. The minimum Gasteiger partial charge on any atom is -0.293 e. The monoisotopic (exact) mass is 475 g/mol. The molecule has 0 aliphatic heterocycles. The smallest absolute Gasteiger partial charge is 0.293 e. The molecule has 0 unspecified atom stereocenters. The topological polar surface area (TPSA) is 108 Å². The molecule has 0 saturated heterocycles. The molecule has 0 spiro atoms. The van der Waals surface area contributed by atoms with Gasteiger partial charge in [-0.25, -0.2) is 22.3 Å². The van der Waals surface area contributed by atoms with Gasteiger partial charge in [0.1, 0.15) is 6.67 Å². The number of fused-ring (bicyclic) bond motifs is 1. The standard InChI is InChI=1S/C22H26FN5O4S/c1-26-11-16(10-24-26)13-28-20(29)18-9-17(33(31,32)25-22(14-23)7-8-22)5-6-19(18)27(21(28)30)12-15-3-2-4-15/h5-6,9-11,15,25H,2-4,7-8,12-14H2,1H3. The second kappa shape index (κ2) is 7.91. The number of aromatic nitrogens is 4. The van der Waals surface area contributed by atoms with Gasteiger partial charge in [-0.2, -0.15) is 5.10 Å². The van der Waals surface area contributed by atoms with E-state index >= 15 is 0 Å². The number of benzene rings is 1. The fourth-order valence-corrected chi connectivity index (χ4v) is 5.78. The lowest BCUT2D eigenvalue weighted by molar-refractivity contribution is 0.274. The van der Waals surface area contributed by atoms with Crippen LogP contribution >= 0.6 is 0 Å². The predicted octanol–water partition coefficient (Wildman–Crippen LogP) is 1.53. The van der Waals surface area contributed by atoms with Gasteiger partial charge in [-0.05, 0) is 49.8 Å². The lowest BCUT2D eigenvalue weighted by Crippen LogP contribution is -2.42.